The molecule has 1 aromatic carbocycles. The molecule has 6 heteroatoms. The number of aromatic nitrogens is 2. The van der Waals surface area contributed by atoms with Crippen molar-refractivity contribution >= 4 is 17.3 Å². The van der Waals surface area contributed by atoms with Crippen LogP contribution in [0, 0.1) is 5.41 Å². The van der Waals surface area contributed by atoms with E-state index in [1.165, 1.54) is 23.2 Å². The summed E-state index contributed by atoms with van der Waals surface area (Å²) in [6, 6.07) is 6.43. The van der Waals surface area contributed by atoms with Crippen LogP contribution in [0.3, 0.4) is 0 Å². The Balaban J connectivity index is 1.55. The second kappa shape index (κ2) is 7.24. The number of ether oxygens (including phenoxy) is 1. The molecule has 0 spiro atoms. The van der Waals surface area contributed by atoms with Crippen molar-refractivity contribution in [3.05, 3.63) is 40.7 Å². The van der Waals surface area contributed by atoms with Crippen LogP contribution in [0.2, 0.25) is 0 Å². The lowest BCUT2D eigenvalue weighted by Gasteiger charge is -2.29. The minimum Gasteiger partial charge on any atom is -0.376 e. The molecule has 28 heavy (non-hydrogen) atoms. The number of aromatic amines is 1. The van der Waals surface area contributed by atoms with Crippen molar-refractivity contribution in [1.82, 2.24) is 10.2 Å². The predicted molar refractivity (Wildman–Crippen MR) is 111 cm³/mol. The van der Waals surface area contributed by atoms with Crippen LogP contribution in [0.1, 0.15) is 55.7 Å². The molecule has 0 saturated heterocycles. The number of likely N-dealkylation sites (N-methyl/N-ethyl adjacent to an activating group) is 1. The van der Waals surface area contributed by atoms with E-state index in [-0.39, 0.29) is 18.6 Å². The fraction of sp³-hybridized carbons (Fsp3) is 0.545. The number of carbonyl (C=O) groups is 1. The van der Waals surface area contributed by atoms with Gasteiger partial charge in [-0.1, -0.05) is 19.9 Å². The summed E-state index contributed by atoms with van der Waals surface area (Å²) >= 11 is 0. The molecule has 0 bridgehead atoms. The summed E-state index contributed by atoms with van der Waals surface area (Å²) in [6.45, 7) is 7.34. The molecule has 2 heterocycles. The van der Waals surface area contributed by atoms with E-state index in [4.69, 9.17) is 4.74 Å². The fourth-order valence-electron chi connectivity index (χ4n) is 4.53. The Kier molecular flexibility index (Phi) is 4.91. The standard InChI is InChI=1S/C22H30N4O2/c1-5-26(20(27)13-28-4)15-7-6-14-10-18(23-17(14)11-15)21-16-8-9-22(2,3)12-19(16)24-25-21/h6-7,11,18,23H,5,8-10,12-13H2,1-4H3,(H,24,25). The van der Waals surface area contributed by atoms with Crippen molar-refractivity contribution in [3.63, 3.8) is 0 Å². The molecule has 2 N–H and O–H groups in total. The number of nitrogens with zero attached hydrogens (tertiary/aromatic N) is 2. The zero-order valence-electron chi connectivity index (χ0n) is 17.3. The Bertz CT molecular complexity index is 887. The summed E-state index contributed by atoms with van der Waals surface area (Å²) in [4.78, 5) is 14.1. The molecule has 0 radical (unpaired) electrons. The second-order valence-electron chi connectivity index (χ2n) is 8.72. The number of carbonyl (C=O) groups excluding carboxylic acids is 1. The molecule has 1 unspecified atom stereocenters. The molecule has 1 amide bonds. The van der Waals surface area contributed by atoms with Gasteiger partial charge in [-0.2, -0.15) is 5.10 Å². The average Bonchev–Trinajstić information content (AvgIpc) is 3.24. The Labute approximate surface area is 166 Å². The lowest BCUT2D eigenvalue weighted by molar-refractivity contribution is -0.122. The lowest BCUT2D eigenvalue weighted by Crippen LogP contribution is -2.33. The maximum atomic E-state index is 12.3. The van der Waals surface area contributed by atoms with Crippen LogP contribution in [-0.2, 0) is 28.8 Å². The molecule has 1 aliphatic carbocycles. The van der Waals surface area contributed by atoms with Gasteiger partial charge in [0.05, 0.1) is 11.7 Å². The van der Waals surface area contributed by atoms with Crippen molar-refractivity contribution in [1.29, 1.82) is 0 Å². The third-order valence-electron chi connectivity index (χ3n) is 6.07. The van der Waals surface area contributed by atoms with E-state index in [0.717, 1.165) is 36.3 Å². The SMILES string of the molecule is CCN(C(=O)COC)c1ccc2c(c1)NC(c1n[nH]c3c1CCC(C)(C)C3)C2. The van der Waals surface area contributed by atoms with Gasteiger partial charge in [-0.3, -0.25) is 9.89 Å². The van der Waals surface area contributed by atoms with Crippen molar-refractivity contribution in [2.24, 2.45) is 5.41 Å². The first-order valence-electron chi connectivity index (χ1n) is 10.2. The number of nitrogens with one attached hydrogen (secondary N) is 2. The molecule has 0 fully saturated rings. The first-order chi connectivity index (χ1) is 13.4. The van der Waals surface area contributed by atoms with Gasteiger partial charge in [0, 0.05) is 37.1 Å². The first-order valence-corrected chi connectivity index (χ1v) is 10.2. The summed E-state index contributed by atoms with van der Waals surface area (Å²) in [5.74, 6) is -0.0246. The van der Waals surface area contributed by atoms with E-state index in [1.54, 1.807) is 12.0 Å². The number of fused-ring (bicyclic) bond motifs is 2. The van der Waals surface area contributed by atoms with Gasteiger partial charge in [0.25, 0.3) is 5.91 Å². The Hall–Kier alpha value is -2.34. The molecule has 2 aromatic rings. The Morgan fingerprint density at radius 1 is 1.39 bits per heavy atom. The van der Waals surface area contributed by atoms with Gasteiger partial charge in [-0.25, -0.2) is 0 Å². The van der Waals surface area contributed by atoms with Crippen molar-refractivity contribution in [3.8, 4) is 0 Å². The molecule has 4 rings (SSSR count). The van der Waals surface area contributed by atoms with Crippen LogP contribution in [0.25, 0.3) is 0 Å². The maximum Gasteiger partial charge on any atom is 0.252 e. The minimum atomic E-state index is -0.0246. The van der Waals surface area contributed by atoms with Crippen molar-refractivity contribution in [2.75, 3.05) is 30.5 Å². The van der Waals surface area contributed by atoms with E-state index in [9.17, 15) is 4.79 Å². The number of amides is 1. The summed E-state index contributed by atoms with van der Waals surface area (Å²) < 4.78 is 5.02. The van der Waals surface area contributed by atoms with E-state index >= 15 is 0 Å². The lowest BCUT2D eigenvalue weighted by atomic mass is 9.76. The molecule has 1 aromatic heterocycles. The molecule has 150 valence electrons. The van der Waals surface area contributed by atoms with Gasteiger partial charge in [-0.05, 0) is 54.9 Å². The third-order valence-corrected chi connectivity index (χ3v) is 6.07. The minimum absolute atomic E-state index is 0.0246. The first kappa shape index (κ1) is 19.0. The van der Waals surface area contributed by atoms with Crippen LogP contribution >= 0.6 is 0 Å². The molecule has 1 atom stereocenters. The fourth-order valence-corrected chi connectivity index (χ4v) is 4.53. The second-order valence-corrected chi connectivity index (χ2v) is 8.72. The highest BCUT2D eigenvalue weighted by molar-refractivity contribution is 5.95. The van der Waals surface area contributed by atoms with Gasteiger partial charge >= 0.3 is 0 Å². The summed E-state index contributed by atoms with van der Waals surface area (Å²) in [5.41, 5.74) is 7.47. The third kappa shape index (κ3) is 3.41. The van der Waals surface area contributed by atoms with Crippen LogP contribution < -0.4 is 10.2 Å². The van der Waals surface area contributed by atoms with E-state index in [2.05, 4.69) is 41.5 Å². The number of methoxy groups -OCH3 is 1. The molecule has 2 aliphatic rings. The van der Waals surface area contributed by atoms with E-state index in [0.29, 0.717) is 12.0 Å². The van der Waals surface area contributed by atoms with Crippen LogP contribution in [-0.4, -0.2) is 36.4 Å². The number of H-pyrrole nitrogens is 1. The van der Waals surface area contributed by atoms with Gasteiger partial charge in [-0.15, -0.1) is 0 Å². The van der Waals surface area contributed by atoms with Gasteiger partial charge in [0.2, 0.25) is 0 Å². The largest absolute Gasteiger partial charge is 0.376 e. The van der Waals surface area contributed by atoms with Crippen LogP contribution in [0.5, 0.6) is 0 Å². The molecule has 1 aliphatic heterocycles. The zero-order valence-corrected chi connectivity index (χ0v) is 17.3. The smallest absolute Gasteiger partial charge is 0.252 e. The topological polar surface area (TPSA) is 70.2 Å². The normalized spacial score (nSPS) is 19.6. The summed E-state index contributed by atoms with van der Waals surface area (Å²) in [6.07, 6.45) is 4.27. The highest BCUT2D eigenvalue weighted by Crippen LogP contribution is 2.41. The number of anilines is 2. The highest BCUT2D eigenvalue weighted by Gasteiger charge is 2.33. The van der Waals surface area contributed by atoms with E-state index < -0.39 is 0 Å². The van der Waals surface area contributed by atoms with Crippen molar-refractivity contribution in [2.45, 2.75) is 52.5 Å². The summed E-state index contributed by atoms with van der Waals surface area (Å²) in [5, 5.41) is 11.6. The number of hydrogen-bond donors (Lipinski definition) is 2. The number of hydrogen-bond acceptors (Lipinski definition) is 4. The summed E-state index contributed by atoms with van der Waals surface area (Å²) in [7, 11) is 1.55. The van der Waals surface area contributed by atoms with Crippen molar-refractivity contribution < 1.29 is 9.53 Å². The van der Waals surface area contributed by atoms with Gasteiger partial charge in [0.1, 0.15) is 6.61 Å². The van der Waals surface area contributed by atoms with E-state index in [1.807, 2.05) is 13.0 Å². The van der Waals surface area contributed by atoms with Gasteiger partial charge < -0.3 is 15.0 Å². The molecule has 6 nitrogen and oxygen atoms in total. The zero-order chi connectivity index (χ0) is 19.9. The van der Waals surface area contributed by atoms with Crippen LogP contribution in [0.4, 0.5) is 11.4 Å². The monoisotopic (exact) mass is 382 g/mol. The quantitative estimate of drug-likeness (QED) is 0.828. The highest BCUT2D eigenvalue weighted by atomic mass is 16.5. The molecular weight excluding hydrogens is 352 g/mol. The maximum absolute atomic E-state index is 12.3. The average molecular weight is 383 g/mol. The Morgan fingerprint density at radius 3 is 2.96 bits per heavy atom. The molecule has 0 saturated carbocycles. The number of rotatable bonds is 5. The van der Waals surface area contributed by atoms with Gasteiger partial charge in [0.15, 0.2) is 0 Å². The van der Waals surface area contributed by atoms with Crippen LogP contribution in [0.15, 0.2) is 18.2 Å². The Morgan fingerprint density at radius 2 is 2.21 bits per heavy atom. The predicted octanol–water partition coefficient (Wildman–Crippen LogP) is 3.63. The number of benzene rings is 1. The molecular formula is C22H30N4O2.